The zero-order chi connectivity index (χ0) is 21.6. The largest absolute Gasteiger partial charge is 0.507 e. The van der Waals surface area contributed by atoms with E-state index in [1.54, 1.807) is 25.1 Å². The number of ether oxygens (including phenoxy) is 3. The SMILES string of the molecule is COc1cccc(C2C(C#N)=C(N)Oc3c2c(O)cc2oc(=O)cc(C)c32)c1OC. The average Bonchev–Trinajstić information content (AvgIpc) is 2.71. The average molecular weight is 406 g/mol. The second kappa shape index (κ2) is 7.04. The Morgan fingerprint density at radius 2 is 2.00 bits per heavy atom. The predicted octanol–water partition coefficient (Wildman–Crippen LogP) is 3.04. The van der Waals surface area contributed by atoms with Gasteiger partial charge in [-0.1, -0.05) is 12.1 Å². The second-order valence-electron chi connectivity index (χ2n) is 6.77. The highest BCUT2D eigenvalue weighted by atomic mass is 16.5. The Morgan fingerprint density at radius 3 is 2.67 bits per heavy atom. The minimum Gasteiger partial charge on any atom is -0.507 e. The Bertz CT molecular complexity index is 1320. The van der Waals surface area contributed by atoms with Gasteiger partial charge in [0, 0.05) is 17.7 Å². The molecule has 3 aromatic rings. The van der Waals surface area contributed by atoms with E-state index in [2.05, 4.69) is 6.07 Å². The maximum absolute atomic E-state index is 11.8. The van der Waals surface area contributed by atoms with E-state index in [1.807, 2.05) is 0 Å². The van der Waals surface area contributed by atoms with Crippen molar-refractivity contribution in [2.45, 2.75) is 12.8 Å². The fourth-order valence-corrected chi connectivity index (χ4v) is 3.88. The van der Waals surface area contributed by atoms with E-state index in [0.29, 0.717) is 33.6 Å². The number of fused-ring (bicyclic) bond motifs is 3. The quantitative estimate of drug-likeness (QED) is 0.635. The molecule has 1 aromatic heterocycles. The number of methoxy groups -OCH3 is 2. The highest BCUT2D eigenvalue weighted by Gasteiger charge is 2.37. The first-order valence-electron chi connectivity index (χ1n) is 9.00. The third-order valence-corrected chi connectivity index (χ3v) is 5.12. The molecule has 4 rings (SSSR count). The zero-order valence-corrected chi connectivity index (χ0v) is 16.5. The van der Waals surface area contributed by atoms with Gasteiger partial charge in [-0.15, -0.1) is 0 Å². The molecule has 0 amide bonds. The van der Waals surface area contributed by atoms with Crippen LogP contribution in [0.15, 0.2) is 51.0 Å². The summed E-state index contributed by atoms with van der Waals surface area (Å²) < 4.78 is 21.9. The van der Waals surface area contributed by atoms with Crippen molar-refractivity contribution in [3.05, 3.63) is 68.9 Å². The molecule has 0 saturated carbocycles. The molecule has 0 saturated heterocycles. The number of phenolic OH excluding ortho intramolecular Hbond substituents is 1. The van der Waals surface area contributed by atoms with E-state index in [1.165, 1.54) is 26.4 Å². The lowest BCUT2D eigenvalue weighted by Gasteiger charge is -2.29. The number of aryl methyl sites for hydroxylation is 1. The first-order chi connectivity index (χ1) is 14.4. The number of benzene rings is 2. The Kier molecular flexibility index (Phi) is 4.51. The Balaban J connectivity index is 2.13. The number of nitrogens with two attached hydrogens (primary N) is 1. The lowest BCUT2D eigenvalue weighted by molar-refractivity contribution is 0.348. The molecule has 1 aliphatic heterocycles. The molecule has 2 heterocycles. The summed E-state index contributed by atoms with van der Waals surface area (Å²) in [5.41, 5.74) is 7.28. The standard InChI is InChI=1S/C22H18N2O6/c1-10-7-16(26)29-15-8-13(25)19-18(11-5-4-6-14(27-2)20(11)28-3)12(9-23)22(24)30-21(19)17(10)15/h4-8,18,25H,24H2,1-3H3. The van der Waals surface area contributed by atoms with Crippen LogP contribution in [0.1, 0.15) is 22.6 Å². The molecule has 1 unspecified atom stereocenters. The minimum atomic E-state index is -0.792. The molecule has 1 aliphatic rings. The summed E-state index contributed by atoms with van der Waals surface area (Å²) in [6.07, 6.45) is 0. The van der Waals surface area contributed by atoms with E-state index in [9.17, 15) is 15.2 Å². The number of nitriles is 1. The van der Waals surface area contributed by atoms with Crippen LogP contribution in [0.25, 0.3) is 11.0 Å². The molecule has 2 aromatic carbocycles. The monoisotopic (exact) mass is 406 g/mol. The fourth-order valence-electron chi connectivity index (χ4n) is 3.88. The number of allylic oxidation sites excluding steroid dienone is 1. The van der Waals surface area contributed by atoms with Crippen LogP contribution >= 0.6 is 0 Å². The molecule has 30 heavy (non-hydrogen) atoms. The van der Waals surface area contributed by atoms with Gasteiger partial charge < -0.3 is 29.5 Å². The topological polar surface area (TPSA) is 128 Å². The maximum Gasteiger partial charge on any atom is 0.336 e. The van der Waals surface area contributed by atoms with Crippen molar-refractivity contribution in [2.75, 3.05) is 14.2 Å². The third kappa shape index (κ3) is 2.71. The number of hydrogen-bond donors (Lipinski definition) is 2. The van der Waals surface area contributed by atoms with Crippen molar-refractivity contribution < 1.29 is 23.7 Å². The normalized spacial score (nSPS) is 15.3. The lowest BCUT2D eigenvalue weighted by atomic mass is 9.81. The third-order valence-electron chi connectivity index (χ3n) is 5.12. The van der Waals surface area contributed by atoms with Crippen molar-refractivity contribution in [1.29, 1.82) is 5.26 Å². The van der Waals surface area contributed by atoms with Crippen LogP contribution in [0.4, 0.5) is 0 Å². The molecule has 152 valence electrons. The van der Waals surface area contributed by atoms with Gasteiger partial charge in [0.25, 0.3) is 0 Å². The number of para-hydroxylation sites is 1. The van der Waals surface area contributed by atoms with Gasteiger partial charge in [0.1, 0.15) is 28.7 Å². The summed E-state index contributed by atoms with van der Waals surface area (Å²) in [4.78, 5) is 11.8. The zero-order valence-electron chi connectivity index (χ0n) is 16.5. The van der Waals surface area contributed by atoms with Gasteiger partial charge in [0.15, 0.2) is 11.5 Å². The van der Waals surface area contributed by atoms with Crippen molar-refractivity contribution in [3.8, 4) is 29.1 Å². The van der Waals surface area contributed by atoms with Crippen molar-refractivity contribution in [3.63, 3.8) is 0 Å². The maximum atomic E-state index is 11.8. The van der Waals surface area contributed by atoms with E-state index in [-0.39, 0.29) is 28.5 Å². The van der Waals surface area contributed by atoms with Crippen LogP contribution in [-0.2, 0) is 0 Å². The number of phenols is 1. The highest BCUT2D eigenvalue weighted by Crippen LogP contribution is 2.52. The summed E-state index contributed by atoms with van der Waals surface area (Å²) in [5, 5.41) is 21.2. The fraction of sp³-hybridized carbons (Fsp3) is 0.182. The number of hydrogen-bond acceptors (Lipinski definition) is 8. The number of rotatable bonds is 3. The number of aromatic hydroxyl groups is 1. The van der Waals surface area contributed by atoms with Crippen LogP contribution in [0, 0.1) is 18.3 Å². The molecule has 0 radical (unpaired) electrons. The van der Waals surface area contributed by atoms with Gasteiger partial charge in [-0.3, -0.25) is 0 Å². The second-order valence-corrected chi connectivity index (χ2v) is 6.77. The smallest absolute Gasteiger partial charge is 0.336 e. The van der Waals surface area contributed by atoms with Gasteiger partial charge >= 0.3 is 5.63 Å². The van der Waals surface area contributed by atoms with Crippen molar-refractivity contribution in [2.24, 2.45) is 5.73 Å². The van der Waals surface area contributed by atoms with Gasteiger partial charge in [-0.2, -0.15) is 5.26 Å². The van der Waals surface area contributed by atoms with Crippen LogP contribution in [-0.4, -0.2) is 19.3 Å². The summed E-state index contributed by atoms with van der Waals surface area (Å²) in [5.74, 6) is -0.0357. The van der Waals surface area contributed by atoms with Gasteiger partial charge in [0.2, 0.25) is 5.88 Å². The summed E-state index contributed by atoms with van der Waals surface area (Å²) in [6, 6.07) is 9.97. The number of nitrogens with zero attached hydrogens (tertiary/aromatic N) is 1. The summed E-state index contributed by atoms with van der Waals surface area (Å²) >= 11 is 0. The summed E-state index contributed by atoms with van der Waals surface area (Å²) in [7, 11) is 2.99. The first-order valence-corrected chi connectivity index (χ1v) is 9.00. The molecule has 3 N–H and O–H groups in total. The minimum absolute atomic E-state index is 0.110. The molecule has 0 bridgehead atoms. The molecular formula is C22H18N2O6. The van der Waals surface area contributed by atoms with Crippen molar-refractivity contribution >= 4 is 11.0 Å². The van der Waals surface area contributed by atoms with Crippen LogP contribution in [0.5, 0.6) is 23.0 Å². The highest BCUT2D eigenvalue weighted by molar-refractivity contribution is 5.91. The van der Waals surface area contributed by atoms with Crippen LogP contribution in [0.2, 0.25) is 0 Å². The van der Waals surface area contributed by atoms with E-state index >= 15 is 0 Å². The first kappa shape index (κ1) is 19.2. The van der Waals surface area contributed by atoms with E-state index < -0.39 is 11.5 Å². The van der Waals surface area contributed by atoms with Gasteiger partial charge in [-0.25, -0.2) is 4.79 Å². The molecule has 0 fully saturated rings. The molecule has 8 nitrogen and oxygen atoms in total. The Morgan fingerprint density at radius 1 is 1.23 bits per heavy atom. The van der Waals surface area contributed by atoms with Gasteiger partial charge in [0.05, 0.1) is 31.1 Å². The lowest BCUT2D eigenvalue weighted by Crippen LogP contribution is -2.22. The molecule has 0 aliphatic carbocycles. The van der Waals surface area contributed by atoms with E-state index in [4.69, 9.17) is 24.4 Å². The Labute approximate surface area is 171 Å². The van der Waals surface area contributed by atoms with Gasteiger partial charge in [-0.05, 0) is 18.6 Å². The van der Waals surface area contributed by atoms with Crippen LogP contribution < -0.4 is 25.6 Å². The predicted molar refractivity (Wildman–Crippen MR) is 108 cm³/mol. The van der Waals surface area contributed by atoms with Crippen molar-refractivity contribution in [1.82, 2.24) is 0 Å². The Hall–Kier alpha value is -4.12. The summed E-state index contributed by atoms with van der Waals surface area (Å²) in [6.45, 7) is 1.72. The molecule has 8 heteroatoms. The molecule has 1 atom stereocenters. The molecular weight excluding hydrogens is 388 g/mol. The van der Waals surface area contributed by atoms with Crippen LogP contribution in [0.3, 0.4) is 0 Å². The van der Waals surface area contributed by atoms with E-state index in [0.717, 1.165) is 0 Å². The molecule has 0 spiro atoms.